The molecule has 0 atom stereocenters. The highest BCUT2D eigenvalue weighted by Crippen LogP contribution is 2.40. The van der Waals surface area contributed by atoms with Crippen LogP contribution in [-0.2, 0) is 0 Å². The summed E-state index contributed by atoms with van der Waals surface area (Å²) in [7, 11) is 0. The van der Waals surface area contributed by atoms with E-state index in [2.05, 4.69) is 157 Å². The van der Waals surface area contributed by atoms with Crippen molar-refractivity contribution in [3.05, 3.63) is 182 Å². The summed E-state index contributed by atoms with van der Waals surface area (Å²) in [6.45, 7) is 0. The zero-order chi connectivity index (χ0) is 38.2. The van der Waals surface area contributed by atoms with E-state index in [1.807, 2.05) is 30.5 Å². The third-order valence-electron chi connectivity index (χ3n) is 11.0. The van der Waals surface area contributed by atoms with Gasteiger partial charge in [-0.05, 0) is 78.9 Å². The van der Waals surface area contributed by atoms with E-state index in [1.54, 1.807) is 22.7 Å². The fourth-order valence-electron chi connectivity index (χ4n) is 8.10. The van der Waals surface area contributed by atoms with Crippen LogP contribution < -0.4 is 4.90 Å². The summed E-state index contributed by atoms with van der Waals surface area (Å²) in [4.78, 5) is 19.4. The van der Waals surface area contributed by atoms with Crippen LogP contribution in [0.15, 0.2) is 187 Å². The quantitative estimate of drug-likeness (QED) is 0.168. The second-order valence-electron chi connectivity index (χ2n) is 14.4. The van der Waals surface area contributed by atoms with Crippen molar-refractivity contribution < 1.29 is 4.42 Å². The number of thiophene rings is 2. The van der Waals surface area contributed by atoms with Crippen LogP contribution in [0.5, 0.6) is 0 Å². The van der Waals surface area contributed by atoms with Gasteiger partial charge in [0.15, 0.2) is 0 Å². The number of furan rings is 1. The van der Waals surface area contributed by atoms with Gasteiger partial charge in [0.25, 0.3) is 0 Å². The van der Waals surface area contributed by atoms with E-state index < -0.39 is 0 Å². The van der Waals surface area contributed by atoms with Gasteiger partial charge in [-0.3, -0.25) is 4.98 Å². The van der Waals surface area contributed by atoms with E-state index >= 15 is 0 Å². The van der Waals surface area contributed by atoms with Gasteiger partial charge in [0.1, 0.15) is 20.8 Å². The first kappa shape index (κ1) is 33.0. The van der Waals surface area contributed by atoms with Crippen molar-refractivity contribution in [2.75, 3.05) is 4.90 Å². The fourth-order valence-corrected chi connectivity index (χ4v) is 10.3. The molecule has 0 saturated heterocycles. The largest absolute Gasteiger partial charge is 0.456 e. The number of anilines is 3. The molecule has 5 nitrogen and oxygen atoms in total. The Kier molecular flexibility index (Phi) is 7.51. The van der Waals surface area contributed by atoms with Crippen LogP contribution >= 0.6 is 22.7 Å². The molecule has 6 heterocycles. The Morgan fingerprint density at radius 1 is 0.379 bits per heavy atom. The number of fused-ring (bicyclic) bond motifs is 9. The minimum atomic E-state index is 0.832. The molecule has 272 valence electrons. The smallest absolute Gasteiger partial charge is 0.139 e. The summed E-state index contributed by atoms with van der Waals surface area (Å²) in [5.74, 6) is 0. The molecule has 0 spiro atoms. The first-order valence-corrected chi connectivity index (χ1v) is 20.8. The van der Waals surface area contributed by atoms with E-state index in [0.717, 1.165) is 82.4 Å². The van der Waals surface area contributed by atoms with Crippen molar-refractivity contribution in [3.63, 3.8) is 0 Å². The summed E-state index contributed by atoms with van der Waals surface area (Å²) in [6, 6.07) is 61.8. The summed E-state index contributed by atoms with van der Waals surface area (Å²) in [6.07, 6.45) is 1.92. The van der Waals surface area contributed by atoms with E-state index in [1.165, 1.54) is 30.9 Å². The highest BCUT2D eigenvalue weighted by atomic mass is 32.1. The molecule has 0 aliphatic rings. The van der Waals surface area contributed by atoms with Gasteiger partial charge in [-0.15, -0.1) is 22.7 Å². The molecule has 0 unspecified atom stereocenters. The molecule has 58 heavy (non-hydrogen) atoms. The second-order valence-corrected chi connectivity index (χ2v) is 16.5. The Labute approximate surface area is 340 Å². The van der Waals surface area contributed by atoms with Crippen molar-refractivity contribution in [2.45, 2.75) is 0 Å². The van der Waals surface area contributed by atoms with Gasteiger partial charge in [-0.1, -0.05) is 91.0 Å². The summed E-state index contributed by atoms with van der Waals surface area (Å²) < 4.78 is 8.70. The molecule has 0 aliphatic heterocycles. The van der Waals surface area contributed by atoms with E-state index in [-0.39, 0.29) is 0 Å². The number of nitrogens with zero attached hydrogens (tertiary/aromatic N) is 4. The average molecular weight is 779 g/mol. The van der Waals surface area contributed by atoms with Crippen molar-refractivity contribution in [1.82, 2.24) is 15.0 Å². The van der Waals surface area contributed by atoms with Crippen molar-refractivity contribution >= 4 is 102 Å². The Morgan fingerprint density at radius 2 is 0.845 bits per heavy atom. The lowest BCUT2D eigenvalue weighted by atomic mass is 10.1. The van der Waals surface area contributed by atoms with Gasteiger partial charge in [0, 0.05) is 87.7 Å². The normalized spacial score (nSPS) is 11.8. The standard InChI is InChI=1S/C51H30N4OS2/c1-4-10-46-37(7-1)42-30-52-45(29-47(42)56-46)33-17-23-36(24-18-33)55(34-19-13-31(14-20-34)43-27-25-40-38-8-2-5-11-48(38)57-50(40)53-43)35-21-15-32(16-22-35)44-28-26-41-39-9-3-6-12-49(39)58-51(41)54-44/h1-30H. The third kappa shape index (κ3) is 5.47. The van der Waals surface area contributed by atoms with E-state index in [9.17, 15) is 0 Å². The molecular weight excluding hydrogens is 749 g/mol. The third-order valence-corrected chi connectivity index (χ3v) is 13.2. The number of para-hydroxylation sites is 1. The van der Waals surface area contributed by atoms with Gasteiger partial charge < -0.3 is 9.32 Å². The highest BCUT2D eigenvalue weighted by molar-refractivity contribution is 7.25. The lowest BCUT2D eigenvalue weighted by Crippen LogP contribution is -2.09. The molecule has 12 aromatic rings. The Morgan fingerprint density at radius 3 is 1.38 bits per heavy atom. The zero-order valence-electron chi connectivity index (χ0n) is 30.8. The van der Waals surface area contributed by atoms with Crippen LogP contribution in [0, 0.1) is 0 Å². The lowest BCUT2D eigenvalue weighted by molar-refractivity contribution is 0.668. The molecule has 12 rings (SSSR count). The average Bonchev–Trinajstić information content (AvgIpc) is 3.97. The Hall–Kier alpha value is -7.19. The minimum absolute atomic E-state index is 0.832. The topological polar surface area (TPSA) is 55.1 Å². The number of hydrogen-bond acceptors (Lipinski definition) is 7. The maximum atomic E-state index is 6.19. The van der Waals surface area contributed by atoms with Crippen LogP contribution in [0.25, 0.3) is 96.3 Å². The van der Waals surface area contributed by atoms with Crippen LogP contribution in [0.2, 0.25) is 0 Å². The molecule has 0 aliphatic carbocycles. The number of rotatable bonds is 6. The lowest BCUT2D eigenvalue weighted by Gasteiger charge is -2.26. The van der Waals surface area contributed by atoms with Crippen LogP contribution in [0.1, 0.15) is 0 Å². The number of pyridine rings is 3. The van der Waals surface area contributed by atoms with Crippen molar-refractivity contribution in [3.8, 4) is 33.8 Å². The molecule has 0 fully saturated rings. The number of benzene rings is 6. The molecular formula is C51H30N4OS2. The first-order chi connectivity index (χ1) is 28.7. The fraction of sp³-hybridized carbons (Fsp3) is 0. The highest BCUT2D eigenvalue weighted by Gasteiger charge is 2.16. The summed E-state index contributed by atoms with van der Waals surface area (Å²) >= 11 is 3.48. The zero-order valence-corrected chi connectivity index (χ0v) is 32.5. The summed E-state index contributed by atoms with van der Waals surface area (Å²) in [5.41, 5.74) is 10.8. The second kappa shape index (κ2) is 13.2. The van der Waals surface area contributed by atoms with Gasteiger partial charge in [-0.25, -0.2) is 9.97 Å². The minimum Gasteiger partial charge on any atom is -0.456 e. The van der Waals surface area contributed by atoms with Crippen molar-refractivity contribution in [2.24, 2.45) is 0 Å². The summed E-state index contributed by atoms with van der Waals surface area (Å²) in [5, 5.41) is 7.01. The van der Waals surface area contributed by atoms with Gasteiger partial charge in [0.2, 0.25) is 0 Å². The Bertz CT molecular complexity index is 3140. The molecule has 7 heteroatoms. The predicted octanol–water partition coefficient (Wildman–Crippen LogP) is 15.0. The number of aromatic nitrogens is 3. The molecule has 6 aromatic heterocycles. The first-order valence-electron chi connectivity index (χ1n) is 19.2. The number of hydrogen-bond donors (Lipinski definition) is 0. The van der Waals surface area contributed by atoms with Gasteiger partial charge >= 0.3 is 0 Å². The predicted molar refractivity (Wildman–Crippen MR) is 244 cm³/mol. The Balaban J connectivity index is 0.911. The van der Waals surface area contributed by atoms with E-state index in [0.29, 0.717) is 0 Å². The maximum Gasteiger partial charge on any atom is 0.139 e. The maximum absolute atomic E-state index is 6.19. The molecule has 0 radical (unpaired) electrons. The van der Waals surface area contributed by atoms with Gasteiger partial charge in [-0.2, -0.15) is 0 Å². The van der Waals surface area contributed by atoms with Crippen LogP contribution in [0.3, 0.4) is 0 Å². The van der Waals surface area contributed by atoms with Crippen molar-refractivity contribution in [1.29, 1.82) is 0 Å². The van der Waals surface area contributed by atoms with Gasteiger partial charge in [0.05, 0.1) is 17.1 Å². The SMILES string of the molecule is c1ccc2c(c1)oc1cc(-c3ccc(N(c4ccc(-c5ccc6c(n5)sc5ccccc56)cc4)c4ccc(-c5ccc6c(n5)sc5ccccc56)cc4)cc3)ncc12. The molecule has 0 amide bonds. The van der Waals surface area contributed by atoms with Crippen LogP contribution in [0.4, 0.5) is 17.1 Å². The molecule has 0 N–H and O–H groups in total. The molecule has 6 aromatic carbocycles. The van der Waals surface area contributed by atoms with Crippen LogP contribution in [-0.4, -0.2) is 15.0 Å². The monoisotopic (exact) mass is 778 g/mol. The molecule has 0 saturated carbocycles. The van der Waals surface area contributed by atoms with E-state index in [4.69, 9.17) is 19.4 Å². The molecule has 0 bridgehead atoms.